The normalized spacial score (nSPS) is 9.50. The Kier molecular flexibility index (Phi) is 3.75. The molecule has 0 atom stereocenters. The molecule has 1 rings (SSSR count). The Balaban J connectivity index is 2.46. The summed E-state index contributed by atoms with van der Waals surface area (Å²) in [6, 6.07) is 6.40. The van der Waals surface area contributed by atoms with E-state index >= 15 is 0 Å². The van der Waals surface area contributed by atoms with Crippen LogP contribution in [-0.4, -0.2) is 24.7 Å². The smallest absolute Gasteiger partial charge is 0.281 e. The second-order valence-corrected chi connectivity index (χ2v) is 2.49. The predicted molar refractivity (Wildman–Crippen MR) is 48.8 cm³/mol. The maximum absolute atomic E-state index is 10.9. The Morgan fingerprint density at radius 3 is 2.86 bits per heavy atom. The number of amides is 1. The van der Waals surface area contributed by atoms with Crippen molar-refractivity contribution in [3.8, 4) is 11.5 Å². The molecule has 0 aliphatic rings. The minimum absolute atomic E-state index is 0.00211. The van der Waals surface area contributed by atoms with E-state index in [0.29, 0.717) is 0 Å². The van der Waals surface area contributed by atoms with Crippen molar-refractivity contribution in [1.29, 1.82) is 0 Å². The van der Waals surface area contributed by atoms with Crippen LogP contribution in [0, 0.1) is 0 Å². The third kappa shape index (κ3) is 2.95. The molecule has 5 heteroatoms. The summed E-state index contributed by atoms with van der Waals surface area (Å²) >= 11 is 0. The molecule has 2 N–H and O–H groups in total. The summed E-state index contributed by atoms with van der Waals surface area (Å²) in [6.07, 6.45) is 0. The number of phenolic OH excluding ortho intramolecular Hbond substituents is 1. The van der Waals surface area contributed by atoms with Gasteiger partial charge in [-0.2, -0.15) is 0 Å². The first-order chi connectivity index (χ1) is 6.74. The average Bonchev–Trinajstić information content (AvgIpc) is 2.17. The average molecular weight is 197 g/mol. The van der Waals surface area contributed by atoms with Gasteiger partial charge in [-0.1, -0.05) is 12.1 Å². The van der Waals surface area contributed by atoms with Gasteiger partial charge in [-0.25, -0.2) is 5.48 Å². The van der Waals surface area contributed by atoms with Crippen LogP contribution in [0.1, 0.15) is 0 Å². The third-order valence-electron chi connectivity index (χ3n) is 1.44. The van der Waals surface area contributed by atoms with Gasteiger partial charge >= 0.3 is 0 Å². The Morgan fingerprint density at radius 1 is 1.50 bits per heavy atom. The van der Waals surface area contributed by atoms with E-state index in [1.807, 2.05) is 0 Å². The summed E-state index contributed by atoms with van der Waals surface area (Å²) in [7, 11) is 1.33. The summed E-state index contributed by atoms with van der Waals surface area (Å²) in [5.41, 5.74) is 2.09. The SMILES string of the molecule is CONC(=O)COc1ccccc1O. The minimum atomic E-state index is -0.421. The zero-order valence-corrected chi connectivity index (χ0v) is 7.69. The molecule has 0 aliphatic heterocycles. The number of para-hydroxylation sites is 2. The van der Waals surface area contributed by atoms with Crippen LogP contribution in [0.25, 0.3) is 0 Å². The lowest BCUT2D eigenvalue weighted by Gasteiger charge is -2.06. The molecule has 0 fully saturated rings. The van der Waals surface area contributed by atoms with Crippen molar-refractivity contribution in [3.63, 3.8) is 0 Å². The molecule has 1 amide bonds. The van der Waals surface area contributed by atoms with Crippen molar-refractivity contribution in [3.05, 3.63) is 24.3 Å². The lowest BCUT2D eigenvalue weighted by Crippen LogP contribution is -2.27. The molecule has 5 nitrogen and oxygen atoms in total. The molecule has 0 aromatic heterocycles. The topological polar surface area (TPSA) is 67.8 Å². The summed E-state index contributed by atoms with van der Waals surface area (Å²) in [5.74, 6) is -0.160. The van der Waals surface area contributed by atoms with Crippen LogP contribution in [0.2, 0.25) is 0 Å². The van der Waals surface area contributed by atoms with E-state index in [1.165, 1.54) is 13.2 Å². The maximum atomic E-state index is 10.9. The van der Waals surface area contributed by atoms with Gasteiger partial charge in [-0.05, 0) is 12.1 Å². The number of benzene rings is 1. The lowest BCUT2D eigenvalue weighted by atomic mass is 10.3. The number of ether oxygens (including phenoxy) is 1. The third-order valence-corrected chi connectivity index (χ3v) is 1.44. The monoisotopic (exact) mass is 197 g/mol. The number of rotatable bonds is 4. The number of phenols is 1. The molecule has 0 radical (unpaired) electrons. The molecule has 76 valence electrons. The largest absolute Gasteiger partial charge is 0.504 e. The van der Waals surface area contributed by atoms with Crippen molar-refractivity contribution in [1.82, 2.24) is 5.48 Å². The van der Waals surface area contributed by atoms with Gasteiger partial charge in [0, 0.05) is 0 Å². The first kappa shape index (κ1) is 10.3. The fourth-order valence-electron chi connectivity index (χ4n) is 0.866. The van der Waals surface area contributed by atoms with E-state index in [0.717, 1.165) is 0 Å². The molecule has 1 aromatic carbocycles. The van der Waals surface area contributed by atoms with Gasteiger partial charge in [-0.15, -0.1) is 0 Å². The molecule has 0 heterocycles. The highest BCUT2D eigenvalue weighted by molar-refractivity contribution is 5.76. The number of aromatic hydroxyl groups is 1. The van der Waals surface area contributed by atoms with E-state index in [9.17, 15) is 9.90 Å². The molecule has 0 bridgehead atoms. The highest BCUT2D eigenvalue weighted by Gasteiger charge is 2.04. The van der Waals surface area contributed by atoms with Gasteiger partial charge in [0.1, 0.15) is 0 Å². The molecular weight excluding hydrogens is 186 g/mol. The highest BCUT2D eigenvalue weighted by atomic mass is 16.6. The first-order valence-electron chi connectivity index (χ1n) is 3.96. The Labute approximate surface area is 81.2 Å². The summed E-state index contributed by atoms with van der Waals surface area (Å²) < 4.78 is 5.01. The van der Waals surface area contributed by atoms with Crippen molar-refractivity contribution in [2.24, 2.45) is 0 Å². The van der Waals surface area contributed by atoms with Crippen LogP contribution in [0.3, 0.4) is 0 Å². The van der Waals surface area contributed by atoms with Crippen LogP contribution in [-0.2, 0) is 9.63 Å². The zero-order chi connectivity index (χ0) is 10.4. The van der Waals surface area contributed by atoms with E-state index in [2.05, 4.69) is 10.3 Å². The standard InChI is InChI=1S/C9H11NO4/c1-13-10-9(12)6-14-8-5-3-2-4-7(8)11/h2-5,11H,6H2,1H3,(H,10,12). The number of nitrogens with one attached hydrogen (secondary N) is 1. The number of carbonyl (C=O) groups is 1. The van der Waals surface area contributed by atoms with Crippen LogP contribution in [0.4, 0.5) is 0 Å². The fraction of sp³-hybridized carbons (Fsp3) is 0.222. The first-order valence-corrected chi connectivity index (χ1v) is 3.96. The van der Waals surface area contributed by atoms with Gasteiger partial charge in [-0.3, -0.25) is 9.63 Å². The molecule has 0 unspecified atom stereocenters. The van der Waals surface area contributed by atoms with Crippen LogP contribution < -0.4 is 10.2 Å². The summed E-state index contributed by atoms with van der Waals surface area (Å²) in [5, 5.41) is 9.27. The van der Waals surface area contributed by atoms with Gasteiger partial charge in [0.15, 0.2) is 18.1 Å². The quantitative estimate of drug-likeness (QED) is 0.687. The molecule has 0 saturated heterocycles. The number of hydrogen-bond acceptors (Lipinski definition) is 4. The zero-order valence-electron chi connectivity index (χ0n) is 7.69. The van der Waals surface area contributed by atoms with Crippen LogP contribution in [0.5, 0.6) is 11.5 Å². The summed E-state index contributed by atoms with van der Waals surface area (Å²) in [4.78, 5) is 15.3. The second kappa shape index (κ2) is 5.08. The molecular formula is C9H11NO4. The van der Waals surface area contributed by atoms with E-state index in [4.69, 9.17) is 4.74 Å². The highest BCUT2D eigenvalue weighted by Crippen LogP contribution is 2.23. The number of carbonyl (C=O) groups excluding carboxylic acids is 1. The van der Waals surface area contributed by atoms with E-state index in [1.54, 1.807) is 18.2 Å². The predicted octanol–water partition coefficient (Wildman–Crippen LogP) is 0.449. The fourth-order valence-corrected chi connectivity index (χ4v) is 0.866. The van der Waals surface area contributed by atoms with E-state index in [-0.39, 0.29) is 18.1 Å². The molecule has 0 aliphatic carbocycles. The number of hydrogen-bond donors (Lipinski definition) is 2. The Morgan fingerprint density at radius 2 is 2.21 bits per heavy atom. The lowest BCUT2D eigenvalue weighted by molar-refractivity contribution is -0.133. The number of hydroxylamine groups is 1. The van der Waals surface area contributed by atoms with Crippen molar-refractivity contribution >= 4 is 5.91 Å². The van der Waals surface area contributed by atoms with Gasteiger partial charge < -0.3 is 9.84 Å². The van der Waals surface area contributed by atoms with Crippen molar-refractivity contribution < 1.29 is 19.5 Å². The van der Waals surface area contributed by atoms with Crippen molar-refractivity contribution in [2.75, 3.05) is 13.7 Å². The molecule has 0 spiro atoms. The van der Waals surface area contributed by atoms with E-state index < -0.39 is 5.91 Å². The Hall–Kier alpha value is -1.75. The molecule has 1 aromatic rings. The molecule has 0 saturated carbocycles. The van der Waals surface area contributed by atoms with Crippen LogP contribution in [0.15, 0.2) is 24.3 Å². The maximum Gasteiger partial charge on any atom is 0.281 e. The minimum Gasteiger partial charge on any atom is -0.504 e. The van der Waals surface area contributed by atoms with Crippen molar-refractivity contribution in [2.45, 2.75) is 0 Å². The Bertz CT molecular complexity index is 313. The van der Waals surface area contributed by atoms with Gasteiger partial charge in [0.25, 0.3) is 5.91 Å². The molecule has 14 heavy (non-hydrogen) atoms. The van der Waals surface area contributed by atoms with Gasteiger partial charge in [0.05, 0.1) is 7.11 Å². The van der Waals surface area contributed by atoms with Crippen LogP contribution >= 0.6 is 0 Å². The van der Waals surface area contributed by atoms with Gasteiger partial charge in [0.2, 0.25) is 0 Å². The second-order valence-electron chi connectivity index (χ2n) is 2.49. The summed E-state index contributed by atoms with van der Waals surface area (Å²) in [6.45, 7) is -0.203.